The third-order valence-electron chi connectivity index (χ3n) is 4.80. The maximum Gasteiger partial charge on any atom is 0.251 e. The monoisotopic (exact) mass is 428 g/mol. The summed E-state index contributed by atoms with van der Waals surface area (Å²) in [5.41, 5.74) is 5.34. The second-order valence-electron chi connectivity index (χ2n) is 7.13. The van der Waals surface area contributed by atoms with Crippen LogP contribution in [0.25, 0.3) is 11.3 Å². The topological polar surface area (TPSA) is 66.9 Å². The van der Waals surface area contributed by atoms with Crippen LogP contribution in [0.15, 0.2) is 85.2 Å². The maximum atomic E-state index is 12.4. The largest absolute Gasteiger partial charge is 0.348 e. The van der Waals surface area contributed by atoms with Gasteiger partial charge in [0.15, 0.2) is 0 Å². The quantitative estimate of drug-likeness (QED) is 0.408. The highest BCUT2D eigenvalue weighted by molar-refractivity contribution is 6.31. The molecule has 2 N–H and O–H groups in total. The van der Waals surface area contributed by atoms with Crippen LogP contribution in [0.3, 0.4) is 0 Å². The number of hydrogen-bond donors (Lipinski definition) is 2. The number of benzene rings is 3. The Morgan fingerprint density at radius 1 is 0.935 bits per heavy atom. The Hall–Kier alpha value is -3.70. The minimum atomic E-state index is -0.157. The highest BCUT2D eigenvalue weighted by Gasteiger charge is 2.08. The van der Waals surface area contributed by atoms with Crippen molar-refractivity contribution in [3.8, 4) is 11.3 Å². The predicted octanol–water partition coefficient (Wildman–Crippen LogP) is 5.78. The van der Waals surface area contributed by atoms with Gasteiger partial charge < -0.3 is 10.6 Å². The van der Waals surface area contributed by atoms with Crippen LogP contribution in [-0.2, 0) is 6.54 Å². The molecule has 0 saturated heterocycles. The Labute approximate surface area is 186 Å². The van der Waals surface area contributed by atoms with E-state index in [4.69, 9.17) is 11.6 Å². The first kappa shape index (κ1) is 20.6. The molecule has 0 radical (unpaired) electrons. The van der Waals surface area contributed by atoms with Gasteiger partial charge in [0.2, 0.25) is 0 Å². The van der Waals surface area contributed by atoms with E-state index in [1.54, 1.807) is 18.2 Å². The molecule has 0 saturated carbocycles. The predicted molar refractivity (Wildman–Crippen MR) is 125 cm³/mol. The minimum absolute atomic E-state index is 0.157. The lowest BCUT2D eigenvalue weighted by molar-refractivity contribution is 0.0951. The van der Waals surface area contributed by atoms with Gasteiger partial charge in [0.1, 0.15) is 12.1 Å². The Kier molecular flexibility index (Phi) is 6.24. The van der Waals surface area contributed by atoms with E-state index in [1.165, 1.54) is 11.9 Å². The zero-order valence-corrected chi connectivity index (χ0v) is 17.7. The molecule has 31 heavy (non-hydrogen) atoms. The molecule has 0 unspecified atom stereocenters. The molecule has 0 aliphatic carbocycles. The molecule has 3 aromatic carbocycles. The van der Waals surface area contributed by atoms with Gasteiger partial charge in [-0.2, -0.15) is 0 Å². The molecule has 4 rings (SSSR count). The Morgan fingerprint density at radius 2 is 1.74 bits per heavy atom. The summed E-state index contributed by atoms with van der Waals surface area (Å²) >= 11 is 6.14. The summed E-state index contributed by atoms with van der Waals surface area (Å²) in [6.45, 7) is 2.43. The molecular weight excluding hydrogens is 408 g/mol. The highest BCUT2D eigenvalue weighted by atomic mass is 35.5. The van der Waals surface area contributed by atoms with Crippen LogP contribution in [0, 0.1) is 6.92 Å². The normalized spacial score (nSPS) is 10.5. The zero-order valence-electron chi connectivity index (χ0n) is 17.0. The van der Waals surface area contributed by atoms with Crippen molar-refractivity contribution in [2.24, 2.45) is 0 Å². The number of nitrogens with zero attached hydrogens (tertiary/aromatic N) is 2. The zero-order chi connectivity index (χ0) is 21.6. The van der Waals surface area contributed by atoms with Crippen LogP contribution in [0.4, 0.5) is 11.5 Å². The lowest BCUT2D eigenvalue weighted by Gasteiger charge is -2.09. The third kappa shape index (κ3) is 5.27. The molecule has 4 aromatic rings. The van der Waals surface area contributed by atoms with Gasteiger partial charge in [-0.3, -0.25) is 4.79 Å². The Morgan fingerprint density at radius 3 is 2.52 bits per heavy atom. The molecule has 0 spiro atoms. The van der Waals surface area contributed by atoms with Crippen molar-refractivity contribution in [1.82, 2.24) is 15.3 Å². The SMILES string of the molecule is Cc1cccc(-c2cc(Nc3ccc(C(=O)NCc4ccccc4Cl)cc3)ncn2)c1. The van der Waals surface area contributed by atoms with Gasteiger partial charge in [0.25, 0.3) is 5.91 Å². The molecule has 0 aliphatic rings. The summed E-state index contributed by atoms with van der Waals surface area (Å²) in [5, 5.41) is 6.79. The van der Waals surface area contributed by atoms with E-state index in [9.17, 15) is 4.79 Å². The number of nitrogens with one attached hydrogen (secondary N) is 2. The Balaban J connectivity index is 1.41. The molecule has 1 amide bonds. The van der Waals surface area contributed by atoms with E-state index < -0.39 is 0 Å². The standard InChI is InChI=1S/C25H21ClN4O/c1-17-5-4-7-19(13-17)23-14-24(29-16-28-23)30-21-11-9-18(10-12-21)25(31)27-15-20-6-2-3-8-22(20)26/h2-14,16H,15H2,1H3,(H,27,31)(H,28,29,30). The molecule has 6 heteroatoms. The van der Waals surface area contributed by atoms with E-state index >= 15 is 0 Å². The number of carbonyl (C=O) groups excluding carboxylic acids is 1. The molecule has 0 fully saturated rings. The summed E-state index contributed by atoms with van der Waals surface area (Å²) in [4.78, 5) is 21.1. The lowest BCUT2D eigenvalue weighted by Crippen LogP contribution is -2.22. The number of halogens is 1. The second-order valence-corrected chi connectivity index (χ2v) is 7.54. The molecule has 0 bridgehead atoms. The molecule has 1 heterocycles. The minimum Gasteiger partial charge on any atom is -0.348 e. The van der Waals surface area contributed by atoms with Crippen LogP contribution in [-0.4, -0.2) is 15.9 Å². The fourth-order valence-electron chi connectivity index (χ4n) is 3.16. The van der Waals surface area contributed by atoms with Crippen LogP contribution in [0.2, 0.25) is 5.02 Å². The second kappa shape index (κ2) is 9.41. The molecule has 5 nitrogen and oxygen atoms in total. The van der Waals surface area contributed by atoms with Crippen molar-refractivity contribution in [3.05, 3.63) is 107 Å². The van der Waals surface area contributed by atoms with Gasteiger partial charge in [-0.15, -0.1) is 0 Å². The maximum absolute atomic E-state index is 12.4. The van der Waals surface area contributed by atoms with E-state index in [0.29, 0.717) is 22.9 Å². The molecule has 1 aromatic heterocycles. The van der Waals surface area contributed by atoms with E-state index in [-0.39, 0.29) is 5.91 Å². The summed E-state index contributed by atoms with van der Waals surface area (Å²) in [6.07, 6.45) is 1.54. The van der Waals surface area contributed by atoms with Crippen molar-refractivity contribution >= 4 is 29.0 Å². The van der Waals surface area contributed by atoms with Crippen molar-refractivity contribution < 1.29 is 4.79 Å². The first-order valence-electron chi connectivity index (χ1n) is 9.86. The number of carbonyl (C=O) groups is 1. The Bertz CT molecular complexity index is 1210. The van der Waals surface area contributed by atoms with Crippen LogP contribution in [0.1, 0.15) is 21.5 Å². The van der Waals surface area contributed by atoms with Crippen molar-refractivity contribution in [2.75, 3.05) is 5.32 Å². The lowest BCUT2D eigenvalue weighted by atomic mass is 10.1. The van der Waals surface area contributed by atoms with Gasteiger partial charge in [-0.25, -0.2) is 9.97 Å². The fourth-order valence-corrected chi connectivity index (χ4v) is 3.36. The van der Waals surface area contributed by atoms with Gasteiger partial charge in [0, 0.05) is 34.4 Å². The average Bonchev–Trinajstić information content (AvgIpc) is 2.79. The molecule has 0 atom stereocenters. The summed E-state index contributed by atoms with van der Waals surface area (Å²) in [6, 6.07) is 24.8. The number of aryl methyl sites for hydroxylation is 1. The van der Waals surface area contributed by atoms with Crippen molar-refractivity contribution in [2.45, 2.75) is 13.5 Å². The van der Waals surface area contributed by atoms with Crippen LogP contribution in [0.5, 0.6) is 0 Å². The fraction of sp³-hybridized carbons (Fsp3) is 0.0800. The van der Waals surface area contributed by atoms with Crippen molar-refractivity contribution in [3.63, 3.8) is 0 Å². The summed E-state index contributed by atoms with van der Waals surface area (Å²) in [5.74, 6) is 0.526. The number of anilines is 2. The number of hydrogen-bond acceptors (Lipinski definition) is 4. The van der Waals surface area contributed by atoms with Gasteiger partial charge in [0.05, 0.1) is 5.69 Å². The number of aromatic nitrogens is 2. The number of amides is 1. The smallest absolute Gasteiger partial charge is 0.251 e. The average molecular weight is 429 g/mol. The van der Waals surface area contributed by atoms with Crippen molar-refractivity contribution in [1.29, 1.82) is 0 Å². The van der Waals surface area contributed by atoms with E-state index in [1.807, 2.05) is 48.5 Å². The molecule has 0 aliphatic heterocycles. The van der Waals surface area contributed by atoms with Gasteiger partial charge >= 0.3 is 0 Å². The highest BCUT2D eigenvalue weighted by Crippen LogP contribution is 2.22. The summed E-state index contributed by atoms with van der Waals surface area (Å²) in [7, 11) is 0. The summed E-state index contributed by atoms with van der Waals surface area (Å²) < 4.78 is 0. The third-order valence-corrected chi connectivity index (χ3v) is 5.17. The number of rotatable bonds is 6. The first-order valence-corrected chi connectivity index (χ1v) is 10.2. The molecular formula is C25H21ClN4O. The molecule has 154 valence electrons. The van der Waals surface area contributed by atoms with E-state index in [2.05, 4.69) is 39.7 Å². The van der Waals surface area contributed by atoms with Crippen LogP contribution < -0.4 is 10.6 Å². The van der Waals surface area contributed by atoms with Gasteiger partial charge in [-0.05, 0) is 48.9 Å². The van der Waals surface area contributed by atoms with Crippen LogP contribution >= 0.6 is 11.6 Å². The van der Waals surface area contributed by atoms with Gasteiger partial charge in [-0.1, -0.05) is 53.6 Å². The van der Waals surface area contributed by atoms with E-state index in [0.717, 1.165) is 22.5 Å². The first-order chi connectivity index (χ1) is 15.1.